The molecule has 0 unspecified atom stereocenters. The van der Waals surface area contributed by atoms with Crippen LogP contribution in [-0.4, -0.2) is 27.5 Å². The third-order valence-corrected chi connectivity index (χ3v) is 5.73. The van der Waals surface area contributed by atoms with Gasteiger partial charge in [-0.25, -0.2) is 17.5 Å². The molecule has 3 rings (SSSR count). The van der Waals surface area contributed by atoms with Gasteiger partial charge >= 0.3 is 6.61 Å². The lowest BCUT2D eigenvalue weighted by molar-refractivity contribution is -0.115. The van der Waals surface area contributed by atoms with E-state index >= 15 is 0 Å². The quantitative estimate of drug-likeness (QED) is 0.712. The van der Waals surface area contributed by atoms with Gasteiger partial charge in [-0.05, 0) is 66.4 Å². The number of nitrogens with one attached hydrogen (secondary N) is 2. The third kappa shape index (κ3) is 5.58. The molecule has 1 aliphatic carbocycles. The SMILES string of the molecule is O=C(CNS(=O)(=O)C1=Cc2ccc(OC(F)F)cc2CC1)Nc1ccc(F)cc1. The predicted octanol–water partition coefficient (Wildman–Crippen LogP) is 3.27. The highest BCUT2D eigenvalue weighted by Crippen LogP contribution is 2.30. The number of rotatable bonds is 7. The number of ether oxygens (including phenoxy) is 1. The lowest BCUT2D eigenvalue weighted by atomic mass is 9.97. The lowest BCUT2D eigenvalue weighted by Gasteiger charge is -2.18. The number of alkyl halides is 2. The molecule has 154 valence electrons. The zero-order chi connectivity index (χ0) is 21.0. The van der Waals surface area contributed by atoms with Crippen LogP contribution in [0.4, 0.5) is 18.9 Å². The summed E-state index contributed by atoms with van der Waals surface area (Å²) in [5.74, 6) is -1.05. The van der Waals surface area contributed by atoms with Gasteiger partial charge in [0.1, 0.15) is 11.6 Å². The number of halogens is 3. The van der Waals surface area contributed by atoms with Crippen molar-refractivity contribution in [1.82, 2.24) is 4.72 Å². The van der Waals surface area contributed by atoms with Crippen molar-refractivity contribution in [3.05, 3.63) is 64.3 Å². The van der Waals surface area contributed by atoms with E-state index in [1.54, 1.807) is 0 Å². The molecule has 0 heterocycles. The summed E-state index contributed by atoms with van der Waals surface area (Å²) < 4.78 is 69.0. The van der Waals surface area contributed by atoms with Crippen molar-refractivity contribution in [2.24, 2.45) is 0 Å². The molecule has 10 heteroatoms. The minimum atomic E-state index is -3.91. The second kappa shape index (κ2) is 8.66. The van der Waals surface area contributed by atoms with Gasteiger partial charge in [0.05, 0.1) is 11.4 Å². The molecule has 0 fully saturated rings. The van der Waals surface area contributed by atoms with Gasteiger partial charge in [0, 0.05) is 5.69 Å². The first-order chi connectivity index (χ1) is 13.7. The molecule has 2 aromatic rings. The highest BCUT2D eigenvalue weighted by atomic mass is 32.2. The van der Waals surface area contributed by atoms with E-state index in [9.17, 15) is 26.4 Å². The number of benzene rings is 2. The Morgan fingerprint density at radius 3 is 2.52 bits per heavy atom. The number of allylic oxidation sites excluding steroid dienone is 1. The Labute approximate surface area is 165 Å². The highest BCUT2D eigenvalue weighted by molar-refractivity contribution is 7.93. The van der Waals surface area contributed by atoms with E-state index in [1.165, 1.54) is 48.5 Å². The van der Waals surface area contributed by atoms with E-state index in [2.05, 4.69) is 14.8 Å². The first kappa shape index (κ1) is 20.9. The van der Waals surface area contributed by atoms with E-state index in [1.807, 2.05) is 0 Å². The van der Waals surface area contributed by atoms with Gasteiger partial charge in [0.2, 0.25) is 15.9 Å². The molecule has 29 heavy (non-hydrogen) atoms. The number of aryl methyl sites for hydroxylation is 1. The number of carbonyl (C=O) groups is 1. The van der Waals surface area contributed by atoms with E-state index < -0.39 is 34.9 Å². The van der Waals surface area contributed by atoms with Gasteiger partial charge in [0.25, 0.3) is 0 Å². The molecule has 0 saturated heterocycles. The van der Waals surface area contributed by atoms with E-state index in [0.717, 1.165) is 0 Å². The van der Waals surface area contributed by atoms with Crippen molar-refractivity contribution in [3.63, 3.8) is 0 Å². The number of carbonyl (C=O) groups excluding carboxylic acids is 1. The summed E-state index contributed by atoms with van der Waals surface area (Å²) in [6.45, 7) is -3.43. The zero-order valence-corrected chi connectivity index (χ0v) is 15.8. The Balaban J connectivity index is 1.64. The number of hydrogen-bond donors (Lipinski definition) is 2. The maximum Gasteiger partial charge on any atom is 0.387 e. The minimum Gasteiger partial charge on any atom is -0.435 e. The maximum absolute atomic E-state index is 12.9. The van der Waals surface area contributed by atoms with Crippen molar-refractivity contribution in [3.8, 4) is 5.75 Å². The highest BCUT2D eigenvalue weighted by Gasteiger charge is 2.23. The van der Waals surface area contributed by atoms with Crippen molar-refractivity contribution in [2.45, 2.75) is 19.5 Å². The summed E-state index contributed by atoms with van der Waals surface area (Å²) in [6, 6.07) is 9.33. The molecule has 0 spiro atoms. The molecule has 0 bridgehead atoms. The zero-order valence-electron chi connectivity index (χ0n) is 15.0. The van der Waals surface area contributed by atoms with Crippen molar-refractivity contribution in [1.29, 1.82) is 0 Å². The van der Waals surface area contributed by atoms with Gasteiger partial charge in [-0.1, -0.05) is 6.07 Å². The Hall–Kier alpha value is -2.85. The van der Waals surface area contributed by atoms with Crippen LogP contribution < -0.4 is 14.8 Å². The smallest absolute Gasteiger partial charge is 0.387 e. The Bertz CT molecular complexity index is 1040. The number of hydrogen-bond acceptors (Lipinski definition) is 4. The van der Waals surface area contributed by atoms with Crippen LogP contribution in [0.5, 0.6) is 5.75 Å². The molecule has 0 atom stereocenters. The van der Waals surface area contributed by atoms with Crippen LogP contribution in [0.2, 0.25) is 0 Å². The fourth-order valence-electron chi connectivity index (χ4n) is 2.82. The average Bonchev–Trinajstić information content (AvgIpc) is 2.67. The Morgan fingerprint density at radius 1 is 1.10 bits per heavy atom. The van der Waals surface area contributed by atoms with Crippen LogP contribution in [0, 0.1) is 5.82 Å². The summed E-state index contributed by atoms with van der Waals surface area (Å²) in [5, 5.41) is 2.45. The third-order valence-electron chi connectivity index (χ3n) is 4.19. The normalized spacial score (nSPS) is 13.6. The molecule has 0 radical (unpaired) electrons. The molecule has 2 aromatic carbocycles. The second-order valence-electron chi connectivity index (χ2n) is 6.23. The van der Waals surface area contributed by atoms with Crippen molar-refractivity contribution in [2.75, 3.05) is 11.9 Å². The van der Waals surface area contributed by atoms with E-state index in [0.29, 0.717) is 23.2 Å². The minimum absolute atomic E-state index is 0.00838. The number of amides is 1. The predicted molar refractivity (Wildman–Crippen MR) is 101 cm³/mol. The van der Waals surface area contributed by atoms with E-state index in [4.69, 9.17) is 0 Å². The number of anilines is 1. The summed E-state index contributed by atoms with van der Waals surface area (Å²) in [6.07, 6.45) is 1.91. The molecular weight excluding hydrogens is 409 g/mol. The maximum atomic E-state index is 12.9. The first-order valence-electron chi connectivity index (χ1n) is 8.56. The van der Waals surface area contributed by atoms with Gasteiger partial charge in [-0.3, -0.25) is 4.79 Å². The Kier molecular flexibility index (Phi) is 6.23. The molecule has 0 saturated carbocycles. The van der Waals surface area contributed by atoms with Crippen LogP contribution in [0.3, 0.4) is 0 Å². The fourth-order valence-corrected chi connectivity index (χ4v) is 3.98. The van der Waals surface area contributed by atoms with Crippen LogP contribution in [0.15, 0.2) is 47.4 Å². The standard InChI is InChI=1S/C19H17F3N2O4S/c20-14-3-5-15(6-4-14)24-18(25)11-23-29(26,27)17-8-2-12-9-16(28-19(21)22)7-1-13(12)10-17/h1,3-7,9-10,19,23H,2,8,11H2,(H,24,25). The fraction of sp³-hybridized carbons (Fsp3) is 0.211. The van der Waals surface area contributed by atoms with E-state index in [-0.39, 0.29) is 17.1 Å². The van der Waals surface area contributed by atoms with Gasteiger partial charge in [-0.2, -0.15) is 8.78 Å². The molecule has 1 amide bonds. The summed E-state index contributed by atoms with van der Waals surface area (Å²) in [4.78, 5) is 12.0. The Morgan fingerprint density at radius 2 is 1.83 bits per heavy atom. The van der Waals surface area contributed by atoms with Gasteiger partial charge in [-0.15, -0.1) is 0 Å². The summed E-state index contributed by atoms with van der Waals surface area (Å²) >= 11 is 0. The lowest BCUT2D eigenvalue weighted by Crippen LogP contribution is -2.34. The van der Waals surface area contributed by atoms with Gasteiger partial charge < -0.3 is 10.1 Å². The van der Waals surface area contributed by atoms with Crippen LogP contribution in [0.25, 0.3) is 6.08 Å². The monoisotopic (exact) mass is 426 g/mol. The molecule has 6 nitrogen and oxygen atoms in total. The largest absolute Gasteiger partial charge is 0.435 e. The van der Waals surface area contributed by atoms with Crippen molar-refractivity contribution >= 4 is 27.7 Å². The second-order valence-corrected chi connectivity index (χ2v) is 8.05. The molecule has 2 N–H and O–H groups in total. The van der Waals surface area contributed by atoms with Crippen LogP contribution >= 0.6 is 0 Å². The van der Waals surface area contributed by atoms with Crippen molar-refractivity contribution < 1.29 is 31.1 Å². The van der Waals surface area contributed by atoms with Crippen LogP contribution in [-0.2, 0) is 21.2 Å². The summed E-state index contributed by atoms with van der Waals surface area (Å²) in [7, 11) is -3.91. The summed E-state index contributed by atoms with van der Waals surface area (Å²) in [5.41, 5.74) is 1.60. The molecule has 0 aliphatic heterocycles. The topological polar surface area (TPSA) is 84.5 Å². The number of sulfonamides is 1. The first-order valence-corrected chi connectivity index (χ1v) is 10.0. The average molecular weight is 426 g/mol. The molecule has 0 aromatic heterocycles. The van der Waals surface area contributed by atoms with Gasteiger partial charge in [0.15, 0.2) is 0 Å². The number of fused-ring (bicyclic) bond motifs is 1. The molecular formula is C19H17F3N2O4S. The van der Waals surface area contributed by atoms with Crippen LogP contribution in [0.1, 0.15) is 17.5 Å². The molecule has 1 aliphatic rings.